The molecule has 0 aliphatic heterocycles. The van der Waals surface area contributed by atoms with Crippen molar-refractivity contribution in [2.24, 2.45) is 0 Å². The minimum absolute atomic E-state index is 0.122. The second-order valence-electron chi connectivity index (χ2n) is 3.94. The van der Waals surface area contributed by atoms with Gasteiger partial charge in [0.25, 0.3) is 0 Å². The summed E-state index contributed by atoms with van der Waals surface area (Å²) >= 11 is 0. The number of nitrogens with one attached hydrogen (secondary N) is 1. The Balaban J connectivity index is 2.70. The van der Waals surface area contributed by atoms with E-state index < -0.39 is 5.95 Å². The summed E-state index contributed by atoms with van der Waals surface area (Å²) in [6, 6.07) is 3.11. The lowest BCUT2D eigenvalue weighted by atomic mass is 10.3. The lowest BCUT2D eigenvalue weighted by Gasteiger charge is -2.27. The molecule has 0 saturated heterocycles. The van der Waals surface area contributed by atoms with Gasteiger partial charge in [-0.25, -0.2) is 4.98 Å². The maximum Gasteiger partial charge on any atom is 0.212 e. The number of rotatable bonds is 7. The van der Waals surface area contributed by atoms with E-state index in [1.165, 1.54) is 6.07 Å². The molecule has 0 amide bonds. The topological polar surface area (TPSA) is 37.4 Å². The third kappa shape index (κ3) is 4.66. The van der Waals surface area contributed by atoms with Crippen molar-refractivity contribution in [2.75, 3.05) is 38.7 Å². The Hall–Kier alpha value is -1.20. The first-order chi connectivity index (χ1) is 8.17. The highest BCUT2D eigenvalue weighted by molar-refractivity contribution is 5.43. The highest BCUT2D eigenvalue weighted by Gasteiger charge is 2.10. The maximum atomic E-state index is 12.8. The lowest BCUT2D eigenvalue weighted by Crippen LogP contribution is -2.36. The Bertz CT molecular complexity index is 318. The number of methoxy groups -OCH3 is 1. The molecule has 17 heavy (non-hydrogen) atoms. The van der Waals surface area contributed by atoms with Crippen LogP contribution in [-0.2, 0) is 4.74 Å². The van der Waals surface area contributed by atoms with E-state index in [4.69, 9.17) is 4.74 Å². The Morgan fingerprint density at radius 3 is 2.82 bits per heavy atom. The summed E-state index contributed by atoms with van der Waals surface area (Å²) in [5.41, 5.74) is 0.908. The average Bonchev–Trinajstić information content (AvgIpc) is 2.35. The van der Waals surface area contributed by atoms with Gasteiger partial charge >= 0.3 is 0 Å². The fraction of sp³-hybridized carbons (Fsp3) is 0.583. The van der Waals surface area contributed by atoms with Gasteiger partial charge in [-0.2, -0.15) is 4.39 Å². The van der Waals surface area contributed by atoms with Gasteiger partial charge < -0.3 is 15.0 Å². The molecular formula is C12H20FN3O. The zero-order valence-corrected chi connectivity index (χ0v) is 10.6. The van der Waals surface area contributed by atoms with Crippen molar-refractivity contribution in [3.63, 3.8) is 0 Å². The number of anilines is 1. The predicted octanol–water partition coefficient (Wildman–Crippen LogP) is 1.28. The van der Waals surface area contributed by atoms with E-state index in [0.29, 0.717) is 0 Å². The van der Waals surface area contributed by atoms with E-state index in [1.54, 1.807) is 19.4 Å². The Kier molecular flexibility index (Phi) is 5.86. The van der Waals surface area contributed by atoms with Crippen LogP contribution in [0, 0.1) is 5.95 Å². The van der Waals surface area contributed by atoms with Gasteiger partial charge in [0.2, 0.25) is 5.95 Å². The van der Waals surface area contributed by atoms with Gasteiger partial charge in [0.1, 0.15) is 0 Å². The van der Waals surface area contributed by atoms with E-state index in [0.717, 1.165) is 25.3 Å². The number of hydrogen-bond acceptors (Lipinski definition) is 4. The molecule has 1 atom stereocenters. The first-order valence-corrected chi connectivity index (χ1v) is 5.71. The molecule has 1 aromatic rings. The molecule has 1 N–H and O–H groups in total. The highest BCUT2D eigenvalue weighted by atomic mass is 19.1. The molecule has 96 valence electrons. The van der Waals surface area contributed by atoms with Crippen molar-refractivity contribution >= 4 is 5.69 Å². The monoisotopic (exact) mass is 241 g/mol. The first-order valence-electron chi connectivity index (χ1n) is 5.71. The van der Waals surface area contributed by atoms with Crippen LogP contribution in [0.4, 0.5) is 10.1 Å². The van der Waals surface area contributed by atoms with Crippen molar-refractivity contribution < 1.29 is 9.13 Å². The van der Waals surface area contributed by atoms with Gasteiger partial charge in [-0.3, -0.25) is 0 Å². The average molecular weight is 241 g/mol. The van der Waals surface area contributed by atoms with Gasteiger partial charge in [-0.05, 0) is 26.1 Å². The molecule has 0 aliphatic carbocycles. The third-order valence-electron chi connectivity index (χ3n) is 2.59. The smallest absolute Gasteiger partial charge is 0.212 e. The molecule has 1 rings (SSSR count). The largest absolute Gasteiger partial charge is 0.380 e. The predicted molar refractivity (Wildman–Crippen MR) is 66.8 cm³/mol. The molecule has 0 saturated carbocycles. The minimum Gasteiger partial charge on any atom is -0.380 e. The van der Waals surface area contributed by atoms with Crippen LogP contribution < -0.4 is 10.2 Å². The standard InChI is InChI=1S/C12H20FN3O/c1-10(17-3)9-16(7-6-14-2)11-4-5-12(13)15-8-11/h4-5,8,10,14H,6-7,9H2,1-3H3. The second kappa shape index (κ2) is 7.19. The molecule has 4 nitrogen and oxygen atoms in total. The van der Waals surface area contributed by atoms with Crippen LogP contribution in [0.15, 0.2) is 18.3 Å². The summed E-state index contributed by atoms with van der Waals surface area (Å²) in [5, 5.41) is 3.09. The number of aromatic nitrogens is 1. The number of nitrogens with zero attached hydrogens (tertiary/aromatic N) is 2. The van der Waals surface area contributed by atoms with Gasteiger partial charge in [-0.15, -0.1) is 0 Å². The van der Waals surface area contributed by atoms with Crippen LogP contribution in [0.1, 0.15) is 6.92 Å². The SMILES string of the molecule is CNCCN(CC(C)OC)c1ccc(F)nc1. The first kappa shape index (κ1) is 13.9. The third-order valence-corrected chi connectivity index (χ3v) is 2.59. The van der Waals surface area contributed by atoms with E-state index in [9.17, 15) is 4.39 Å². The Labute approximate surface area is 102 Å². The van der Waals surface area contributed by atoms with Crippen LogP contribution >= 0.6 is 0 Å². The molecule has 1 heterocycles. The van der Waals surface area contributed by atoms with Crippen LogP contribution in [0.25, 0.3) is 0 Å². The summed E-state index contributed by atoms with van der Waals surface area (Å²) < 4.78 is 18.0. The van der Waals surface area contributed by atoms with E-state index in [2.05, 4.69) is 15.2 Å². The van der Waals surface area contributed by atoms with E-state index in [1.807, 2.05) is 14.0 Å². The molecule has 0 radical (unpaired) electrons. The summed E-state index contributed by atoms with van der Waals surface area (Å²) in [6.07, 6.45) is 1.67. The Morgan fingerprint density at radius 1 is 1.53 bits per heavy atom. The van der Waals surface area contributed by atoms with Crippen LogP contribution in [-0.4, -0.2) is 44.9 Å². The molecular weight excluding hydrogens is 221 g/mol. The highest BCUT2D eigenvalue weighted by Crippen LogP contribution is 2.13. The zero-order valence-electron chi connectivity index (χ0n) is 10.6. The number of hydrogen-bond donors (Lipinski definition) is 1. The summed E-state index contributed by atoms with van der Waals surface area (Å²) in [7, 11) is 3.59. The molecule has 1 unspecified atom stereocenters. The summed E-state index contributed by atoms with van der Waals surface area (Å²) in [5.74, 6) is -0.456. The molecule has 0 bridgehead atoms. The number of likely N-dealkylation sites (N-methyl/N-ethyl adjacent to an activating group) is 1. The van der Waals surface area contributed by atoms with Crippen LogP contribution in [0.3, 0.4) is 0 Å². The number of halogens is 1. The molecule has 0 aromatic carbocycles. The normalized spacial score (nSPS) is 12.5. The van der Waals surface area contributed by atoms with Gasteiger partial charge in [0.05, 0.1) is 18.0 Å². The van der Waals surface area contributed by atoms with Crippen molar-refractivity contribution in [3.8, 4) is 0 Å². The van der Waals surface area contributed by atoms with Gasteiger partial charge in [-0.1, -0.05) is 0 Å². The number of ether oxygens (including phenoxy) is 1. The molecule has 1 aromatic heterocycles. The van der Waals surface area contributed by atoms with Crippen LogP contribution in [0.5, 0.6) is 0 Å². The van der Waals surface area contributed by atoms with Crippen LogP contribution in [0.2, 0.25) is 0 Å². The maximum absolute atomic E-state index is 12.8. The zero-order chi connectivity index (χ0) is 12.7. The number of pyridine rings is 1. The van der Waals surface area contributed by atoms with Crippen molar-refractivity contribution in [1.82, 2.24) is 10.3 Å². The van der Waals surface area contributed by atoms with Crippen molar-refractivity contribution in [3.05, 3.63) is 24.3 Å². The summed E-state index contributed by atoms with van der Waals surface area (Å²) in [4.78, 5) is 5.79. The van der Waals surface area contributed by atoms with Crippen molar-refractivity contribution in [1.29, 1.82) is 0 Å². The fourth-order valence-corrected chi connectivity index (χ4v) is 1.51. The summed E-state index contributed by atoms with van der Waals surface area (Å²) in [6.45, 7) is 4.44. The van der Waals surface area contributed by atoms with Gasteiger partial charge in [0, 0.05) is 26.7 Å². The molecule has 0 fully saturated rings. The Morgan fingerprint density at radius 2 is 2.29 bits per heavy atom. The van der Waals surface area contributed by atoms with E-state index >= 15 is 0 Å². The fourth-order valence-electron chi connectivity index (χ4n) is 1.51. The molecule has 5 heteroatoms. The van der Waals surface area contributed by atoms with E-state index in [-0.39, 0.29) is 6.10 Å². The second-order valence-corrected chi connectivity index (χ2v) is 3.94. The minimum atomic E-state index is -0.456. The lowest BCUT2D eigenvalue weighted by molar-refractivity contribution is 0.123. The molecule has 0 aliphatic rings. The van der Waals surface area contributed by atoms with Crippen molar-refractivity contribution in [2.45, 2.75) is 13.0 Å². The van der Waals surface area contributed by atoms with Gasteiger partial charge in [0.15, 0.2) is 0 Å². The molecule has 0 spiro atoms. The quantitative estimate of drug-likeness (QED) is 0.730.